The number of hydrogen-bond donors (Lipinski definition) is 0. The fourth-order valence-electron chi connectivity index (χ4n) is 17.5. The minimum absolute atomic E-state index is 0.0954. The second kappa shape index (κ2) is 22.1. The van der Waals surface area contributed by atoms with Crippen LogP contribution in [-0.4, -0.2) is 0 Å². The van der Waals surface area contributed by atoms with Gasteiger partial charge in [-0.25, -0.2) is 0 Å². The smallest absolute Gasteiger partial charge is 0.0508 e. The summed E-state index contributed by atoms with van der Waals surface area (Å²) in [6.45, 7) is 19.2. The van der Waals surface area contributed by atoms with Crippen LogP contribution in [0.2, 0.25) is 0 Å². The van der Waals surface area contributed by atoms with Crippen molar-refractivity contribution in [1.82, 2.24) is 0 Å². The highest BCUT2D eigenvalue weighted by Gasteiger charge is 2.45. The van der Waals surface area contributed by atoms with Gasteiger partial charge in [0.05, 0.1) is 5.69 Å². The van der Waals surface area contributed by atoms with Crippen LogP contribution in [0.3, 0.4) is 0 Å². The second-order valence-corrected chi connectivity index (χ2v) is 29.6. The fraction of sp³-hybridized carbons (Fsp3) is 0.125. The molecule has 0 fully saturated rings. The van der Waals surface area contributed by atoms with Crippen LogP contribution in [-0.2, 0) is 21.7 Å². The van der Waals surface area contributed by atoms with Gasteiger partial charge >= 0.3 is 0 Å². The fourth-order valence-corrected chi connectivity index (χ4v) is 17.5. The van der Waals surface area contributed by atoms with Gasteiger partial charge in [0.25, 0.3) is 0 Å². The molecule has 14 aromatic carbocycles. The summed E-state index contributed by atoms with van der Waals surface area (Å²) >= 11 is 0. The lowest BCUT2D eigenvalue weighted by Crippen LogP contribution is -2.21. The molecule has 2 nitrogen and oxygen atoms in total. The molecule has 4 aliphatic rings. The van der Waals surface area contributed by atoms with Crippen molar-refractivity contribution in [3.8, 4) is 100 Å². The molecule has 0 saturated heterocycles. The number of benzene rings is 14. The zero-order valence-corrected chi connectivity index (χ0v) is 56.9. The van der Waals surface area contributed by atoms with E-state index in [0.29, 0.717) is 0 Å². The summed E-state index contributed by atoms with van der Waals surface area (Å²) in [5.41, 5.74) is 39.8. The number of anilines is 6. The van der Waals surface area contributed by atoms with E-state index in [9.17, 15) is 0 Å². The van der Waals surface area contributed by atoms with Gasteiger partial charge in [-0.2, -0.15) is 0 Å². The normalized spacial score (nSPS) is 14.7. The van der Waals surface area contributed by atoms with Crippen molar-refractivity contribution >= 4 is 34.1 Å². The van der Waals surface area contributed by atoms with Crippen LogP contribution >= 0.6 is 0 Å². The standard InChI is InChI=1S/C96H76N2/c1-93(2)85-35-20-18-32-77(85)81-58-90-82(59-87(81)93)78-33-22-36-91(92(78)96(90,7)8)98(71-49-39-64(40-50-71)62-25-13-10-14-26-62)72-51-43-66(44-52-72)74-29-15-16-30-75(74)68-28-21-27-67(55-68)65-41-47-70(48-42-65)97(69-45-37-63(38-46-69)61-23-11-9-12-24-61)73-53-54-86-79(56-73)83-60-88-80(57-89(83)95(86,5)6)76-31-17-19-34-84(76)94(88,3)4/h9-60H,1-8H3. The van der Waals surface area contributed by atoms with Gasteiger partial charge in [-0.05, 0) is 242 Å². The molecule has 0 unspecified atom stereocenters. The summed E-state index contributed by atoms with van der Waals surface area (Å²) in [5.74, 6) is 0. The third-order valence-electron chi connectivity index (χ3n) is 22.7. The zero-order valence-electron chi connectivity index (χ0n) is 56.9. The maximum absolute atomic E-state index is 2.53. The molecular formula is C96H76N2. The molecule has 0 amide bonds. The van der Waals surface area contributed by atoms with Crippen molar-refractivity contribution in [2.75, 3.05) is 9.80 Å². The molecule has 4 aliphatic carbocycles. The molecule has 0 aromatic heterocycles. The Morgan fingerprint density at radius 1 is 0.173 bits per heavy atom. The predicted molar refractivity (Wildman–Crippen MR) is 413 cm³/mol. The van der Waals surface area contributed by atoms with Crippen molar-refractivity contribution in [3.05, 3.63) is 360 Å². The molecule has 0 atom stereocenters. The average Bonchev–Trinajstić information content (AvgIpc) is 1.54. The van der Waals surface area contributed by atoms with Crippen molar-refractivity contribution < 1.29 is 0 Å². The largest absolute Gasteiger partial charge is 0.310 e. The predicted octanol–water partition coefficient (Wildman–Crippen LogP) is 26.2. The van der Waals surface area contributed by atoms with Gasteiger partial charge in [0.15, 0.2) is 0 Å². The summed E-state index contributed by atoms with van der Waals surface area (Å²) in [7, 11) is 0. The molecule has 0 aliphatic heterocycles. The Hall–Kier alpha value is -11.3. The molecule has 98 heavy (non-hydrogen) atoms. The van der Waals surface area contributed by atoms with Gasteiger partial charge in [-0.3, -0.25) is 0 Å². The van der Waals surface area contributed by atoms with E-state index < -0.39 is 0 Å². The van der Waals surface area contributed by atoms with Crippen molar-refractivity contribution in [2.24, 2.45) is 0 Å². The van der Waals surface area contributed by atoms with E-state index in [-0.39, 0.29) is 21.7 Å². The third kappa shape index (κ3) is 9.14. The van der Waals surface area contributed by atoms with Gasteiger partial charge < -0.3 is 9.80 Å². The van der Waals surface area contributed by atoms with Gasteiger partial charge in [0.2, 0.25) is 0 Å². The van der Waals surface area contributed by atoms with Gasteiger partial charge in [-0.15, -0.1) is 0 Å². The molecule has 0 radical (unpaired) electrons. The molecule has 0 spiro atoms. The molecule has 470 valence electrons. The second-order valence-electron chi connectivity index (χ2n) is 29.6. The first-order valence-electron chi connectivity index (χ1n) is 34.8. The Morgan fingerprint density at radius 2 is 0.490 bits per heavy atom. The van der Waals surface area contributed by atoms with Gasteiger partial charge in [-0.1, -0.05) is 274 Å². The van der Waals surface area contributed by atoms with E-state index >= 15 is 0 Å². The number of rotatable bonds is 11. The van der Waals surface area contributed by atoms with E-state index in [0.717, 1.165) is 39.6 Å². The quantitative estimate of drug-likeness (QED) is 0.127. The first kappa shape index (κ1) is 59.2. The van der Waals surface area contributed by atoms with Crippen LogP contribution in [0.25, 0.3) is 100 Å². The van der Waals surface area contributed by atoms with E-state index in [4.69, 9.17) is 0 Å². The van der Waals surface area contributed by atoms with Crippen LogP contribution in [0.15, 0.2) is 315 Å². The van der Waals surface area contributed by atoms with E-state index in [2.05, 4.69) is 381 Å². The first-order chi connectivity index (χ1) is 47.6. The lowest BCUT2D eigenvalue weighted by molar-refractivity contribution is 0.652. The van der Waals surface area contributed by atoms with Crippen LogP contribution in [0.5, 0.6) is 0 Å². The maximum atomic E-state index is 2.53. The summed E-state index contributed by atoms with van der Waals surface area (Å²) in [6, 6.07) is 118. The average molecular weight is 1260 g/mol. The third-order valence-corrected chi connectivity index (χ3v) is 22.7. The zero-order chi connectivity index (χ0) is 66.4. The number of hydrogen-bond acceptors (Lipinski definition) is 2. The minimum atomic E-state index is -0.284. The highest BCUT2D eigenvalue weighted by atomic mass is 15.2. The maximum Gasteiger partial charge on any atom is 0.0508 e. The lowest BCUT2D eigenvalue weighted by atomic mass is 9.79. The van der Waals surface area contributed by atoms with Crippen LogP contribution in [0.4, 0.5) is 34.1 Å². The van der Waals surface area contributed by atoms with Crippen LogP contribution < -0.4 is 9.80 Å². The summed E-state index contributed by atoms with van der Waals surface area (Å²) in [5, 5.41) is 0. The Labute approximate surface area is 577 Å². The molecule has 0 bridgehead atoms. The van der Waals surface area contributed by atoms with Crippen molar-refractivity contribution in [3.63, 3.8) is 0 Å². The highest BCUT2D eigenvalue weighted by molar-refractivity contribution is 5.97. The highest BCUT2D eigenvalue weighted by Crippen LogP contribution is 2.60. The molecule has 2 heteroatoms. The SMILES string of the molecule is CC1(C)c2ccccc2-c2cc3c(cc21)-c1cc(N(c2ccc(-c4ccccc4)cc2)c2ccc(-c4cccc(-c5ccccc5-c5ccc(N(c6ccc(-c7ccccc7)cc6)c6cccc7c6C(C)(C)c6cc8c(cc6-7)C(C)(C)c6ccccc6-8)cc5)c4)cc2)ccc1C3(C)C. The van der Waals surface area contributed by atoms with E-state index in [1.807, 2.05) is 0 Å². The van der Waals surface area contributed by atoms with Crippen LogP contribution in [0.1, 0.15) is 99.9 Å². The molecule has 0 saturated carbocycles. The van der Waals surface area contributed by atoms with Gasteiger partial charge in [0, 0.05) is 50.1 Å². The van der Waals surface area contributed by atoms with E-state index in [1.165, 1.54) is 139 Å². The topological polar surface area (TPSA) is 6.48 Å². The summed E-state index contributed by atoms with van der Waals surface area (Å²) in [6.07, 6.45) is 0. The Morgan fingerprint density at radius 3 is 0.990 bits per heavy atom. The Balaban J connectivity index is 0.685. The lowest BCUT2D eigenvalue weighted by Gasteiger charge is -2.32. The van der Waals surface area contributed by atoms with Gasteiger partial charge in [0.1, 0.15) is 0 Å². The summed E-state index contributed by atoms with van der Waals surface area (Å²) < 4.78 is 0. The van der Waals surface area contributed by atoms with Crippen molar-refractivity contribution in [1.29, 1.82) is 0 Å². The van der Waals surface area contributed by atoms with Crippen LogP contribution in [0, 0.1) is 0 Å². The van der Waals surface area contributed by atoms with Crippen molar-refractivity contribution in [2.45, 2.75) is 77.0 Å². The molecular weight excluding hydrogens is 1180 g/mol. The monoisotopic (exact) mass is 1260 g/mol. The molecule has 18 rings (SSSR count). The first-order valence-corrected chi connectivity index (χ1v) is 34.8. The number of fused-ring (bicyclic) bond motifs is 12. The Bertz CT molecular complexity index is 5510. The summed E-state index contributed by atoms with van der Waals surface area (Å²) in [4.78, 5) is 4.93. The number of nitrogens with zero attached hydrogens (tertiary/aromatic N) is 2. The Kier molecular flexibility index (Phi) is 13.4. The molecule has 14 aromatic rings. The molecule has 0 heterocycles. The molecule has 0 N–H and O–H groups in total. The minimum Gasteiger partial charge on any atom is -0.310 e. The van der Waals surface area contributed by atoms with E-state index in [1.54, 1.807) is 0 Å².